The zero-order valence-corrected chi connectivity index (χ0v) is 11.7. The van der Waals surface area contributed by atoms with E-state index in [-0.39, 0.29) is 0 Å². The lowest BCUT2D eigenvalue weighted by atomic mass is 10.2. The van der Waals surface area contributed by atoms with Gasteiger partial charge >= 0.3 is 0 Å². The maximum atomic E-state index is 5.78. The topological polar surface area (TPSA) is 40.6 Å². The van der Waals surface area contributed by atoms with Crippen LogP contribution in [0.25, 0.3) is 0 Å². The van der Waals surface area contributed by atoms with Crippen molar-refractivity contribution in [1.82, 2.24) is 4.98 Å². The first kappa shape index (κ1) is 15.2. The Hall–Kier alpha value is -0.840. The van der Waals surface area contributed by atoms with Crippen LogP contribution in [0.15, 0.2) is 12.1 Å². The number of alkyl halides is 1. The number of hydrogen-bond donors (Lipinski definition) is 0. The summed E-state index contributed by atoms with van der Waals surface area (Å²) in [7, 11) is 1.68. The average molecular weight is 274 g/mol. The second-order valence-electron chi connectivity index (χ2n) is 3.90. The van der Waals surface area contributed by atoms with E-state index in [2.05, 4.69) is 4.98 Å². The van der Waals surface area contributed by atoms with Crippen molar-refractivity contribution in [2.24, 2.45) is 0 Å². The lowest BCUT2D eigenvalue weighted by Gasteiger charge is -2.08. The standard InChI is InChI=1S/C13H20ClNO3/c1-11-8-12(10-14)9-13(15-11)18-7-6-17-5-3-4-16-2/h8-9H,3-7,10H2,1-2H3. The van der Waals surface area contributed by atoms with Gasteiger partial charge < -0.3 is 14.2 Å². The molecule has 102 valence electrons. The van der Waals surface area contributed by atoms with Gasteiger partial charge in [0.05, 0.1) is 6.61 Å². The van der Waals surface area contributed by atoms with E-state index >= 15 is 0 Å². The molecule has 1 heterocycles. The van der Waals surface area contributed by atoms with Crippen molar-refractivity contribution in [2.75, 3.05) is 33.5 Å². The molecule has 0 aliphatic heterocycles. The maximum Gasteiger partial charge on any atom is 0.213 e. The van der Waals surface area contributed by atoms with E-state index < -0.39 is 0 Å². The molecule has 0 fully saturated rings. The lowest BCUT2D eigenvalue weighted by Crippen LogP contribution is -2.09. The van der Waals surface area contributed by atoms with Crippen LogP contribution in [0.5, 0.6) is 5.88 Å². The van der Waals surface area contributed by atoms with Gasteiger partial charge in [-0.25, -0.2) is 4.98 Å². The minimum absolute atomic E-state index is 0.466. The number of aryl methyl sites for hydroxylation is 1. The van der Waals surface area contributed by atoms with Crippen LogP contribution in [-0.2, 0) is 15.4 Å². The first-order chi connectivity index (χ1) is 8.76. The zero-order valence-electron chi connectivity index (χ0n) is 10.9. The molecule has 4 nitrogen and oxygen atoms in total. The van der Waals surface area contributed by atoms with E-state index in [4.69, 9.17) is 25.8 Å². The van der Waals surface area contributed by atoms with Crippen LogP contribution in [0.4, 0.5) is 0 Å². The molecule has 0 amide bonds. The Labute approximate surface area is 113 Å². The predicted molar refractivity (Wildman–Crippen MR) is 71.3 cm³/mol. The molecule has 0 aliphatic carbocycles. The third-order valence-corrected chi connectivity index (χ3v) is 2.57. The molecule has 0 saturated heterocycles. The second-order valence-corrected chi connectivity index (χ2v) is 4.16. The Bertz CT molecular complexity index is 347. The third-order valence-electron chi connectivity index (χ3n) is 2.26. The van der Waals surface area contributed by atoms with E-state index in [1.807, 2.05) is 19.1 Å². The molecule has 5 heteroatoms. The van der Waals surface area contributed by atoms with Gasteiger partial charge in [-0.3, -0.25) is 0 Å². The number of hydrogen-bond acceptors (Lipinski definition) is 4. The van der Waals surface area contributed by atoms with Crippen LogP contribution < -0.4 is 4.74 Å². The van der Waals surface area contributed by atoms with Crippen LogP contribution in [-0.4, -0.2) is 38.5 Å². The first-order valence-corrected chi connectivity index (χ1v) is 6.52. The molecule has 0 radical (unpaired) electrons. The smallest absolute Gasteiger partial charge is 0.213 e. The highest BCUT2D eigenvalue weighted by Gasteiger charge is 2.00. The fourth-order valence-electron chi connectivity index (χ4n) is 1.47. The van der Waals surface area contributed by atoms with Crippen molar-refractivity contribution in [3.05, 3.63) is 23.4 Å². The van der Waals surface area contributed by atoms with Gasteiger partial charge in [-0.2, -0.15) is 0 Å². The van der Waals surface area contributed by atoms with Crippen LogP contribution in [0.1, 0.15) is 17.7 Å². The van der Waals surface area contributed by atoms with Gasteiger partial charge in [0.1, 0.15) is 6.61 Å². The van der Waals surface area contributed by atoms with Crippen LogP contribution in [0.2, 0.25) is 0 Å². The highest BCUT2D eigenvalue weighted by molar-refractivity contribution is 6.17. The van der Waals surface area contributed by atoms with Crippen molar-refractivity contribution < 1.29 is 14.2 Å². The molecule has 0 unspecified atom stereocenters. The van der Waals surface area contributed by atoms with Crippen molar-refractivity contribution >= 4 is 11.6 Å². The normalized spacial score (nSPS) is 10.6. The van der Waals surface area contributed by atoms with Gasteiger partial charge in [0.25, 0.3) is 0 Å². The summed E-state index contributed by atoms with van der Waals surface area (Å²) >= 11 is 5.78. The van der Waals surface area contributed by atoms with Crippen LogP contribution in [0, 0.1) is 6.92 Å². The number of methoxy groups -OCH3 is 1. The molecule has 1 rings (SSSR count). The van der Waals surface area contributed by atoms with E-state index in [0.29, 0.717) is 31.6 Å². The highest BCUT2D eigenvalue weighted by atomic mass is 35.5. The molecule has 0 aromatic carbocycles. The molecule has 0 bridgehead atoms. The Morgan fingerprint density at radius 3 is 2.72 bits per heavy atom. The minimum Gasteiger partial charge on any atom is -0.475 e. The Balaban J connectivity index is 2.20. The monoisotopic (exact) mass is 273 g/mol. The fraction of sp³-hybridized carbons (Fsp3) is 0.615. The molecule has 0 saturated carbocycles. The molecular weight excluding hydrogens is 254 g/mol. The van der Waals surface area contributed by atoms with Crippen molar-refractivity contribution in [3.8, 4) is 5.88 Å². The number of aromatic nitrogens is 1. The van der Waals surface area contributed by atoms with E-state index in [0.717, 1.165) is 24.3 Å². The van der Waals surface area contributed by atoms with E-state index in [9.17, 15) is 0 Å². The number of ether oxygens (including phenoxy) is 3. The molecule has 0 aliphatic rings. The molecule has 1 aromatic rings. The fourth-order valence-corrected chi connectivity index (χ4v) is 1.62. The summed E-state index contributed by atoms with van der Waals surface area (Å²) in [5.74, 6) is 1.07. The zero-order chi connectivity index (χ0) is 13.2. The number of halogens is 1. The Kier molecular flexibility index (Phi) is 7.73. The molecule has 0 atom stereocenters. The molecule has 1 aromatic heterocycles. The lowest BCUT2D eigenvalue weighted by molar-refractivity contribution is 0.0795. The van der Waals surface area contributed by atoms with Gasteiger partial charge in [0.2, 0.25) is 5.88 Å². The number of rotatable bonds is 9. The number of pyridine rings is 1. The van der Waals surface area contributed by atoms with Crippen molar-refractivity contribution in [1.29, 1.82) is 0 Å². The number of nitrogens with zero attached hydrogens (tertiary/aromatic N) is 1. The Morgan fingerprint density at radius 2 is 2.00 bits per heavy atom. The summed E-state index contributed by atoms with van der Waals surface area (Å²) in [6.07, 6.45) is 0.898. The van der Waals surface area contributed by atoms with Crippen molar-refractivity contribution in [2.45, 2.75) is 19.2 Å². The third kappa shape index (κ3) is 6.19. The molecular formula is C13H20ClNO3. The summed E-state index contributed by atoms with van der Waals surface area (Å²) in [6, 6.07) is 3.80. The summed E-state index contributed by atoms with van der Waals surface area (Å²) in [6.45, 7) is 4.37. The maximum absolute atomic E-state index is 5.78. The predicted octanol–water partition coefficient (Wildman–Crippen LogP) is 2.56. The molecule has 18 heavy (non-hydrogen) atoms. The van der Waals surface area contributed by atoms with Gasteiger partial charge in [-0.1, -0.05) is 0 Å². The Morgan fingerprint density at radius 1 is 1.17 bits per heavy atom. The average Bonchev–Trinajstić information content (AvgIpc) is 2.37. The summed E-state index contributed by atoms with van der Waals surface area (Å²) in [5.41, 5.74) is 1.92. The minimum atomic E-state index is 0.466. The highest BCUT2D eigenvalue weighted by Crippen LogP contribution is 2.13. The summed E-state index contributed by atoms with van der Waals surface area (Å²) < 4.78 is 15.8. The van der Waals surface area contributed by atoms with E-state index in [1.54, 1.807) is 7.11 Å². The van der Waals surface area contributed by atoms with Crippen LogP contribution in [0.3, 0.4) is 0 Å². The first-order valence-electron chi connectivity index (χ1n) is 5.99. The van der Waals surface area contributed by atoms with Gasteiger partial charge in [0, 0.05) is 38.0 Å². The van der Waals surface area contributed by atoms with Gasteiger partial charge in [-0.15, -0.1) is 11.6 Å². The SMILES string of the molecule is COCCCOCCOc1cc(CCl)cc(C)n1. The van der Waals surface area contributed by atoms with Gasteiger partial charge in [0.15, 0.2) is 0 Å². The summed E-state index contributed by atoms with van der Waals surface area (Å²) in [4.78, 5) is 4.27. The molecule has 0 N–H and O–H groups in total. The largest absolute Gasteiger partial charge is 0.475 e. The molecule has 0 spiro atoms. The van der Waals surface area contributed by atoms with E-state index in [1.165, 1.54) is 0 Å². The summed E-state index contributed by atoms with van der Waals surface area (Å²) in [5, 5.41) is 0. The van der Waals surface area contributed by atoms with Gasteiger partial charge in [-0.05, 0) is 25.0 Å². The second kappa shape index (κ2) is 9.14. The quantitative estimate of drug-likeness (QED) is 0.512. The van der Waals surface area contributed by atoms with Crippen molar-refractivity contribution in [3.63, 3.8) is 0 Å². The van der Waals surface area contributed by atoms with Crippen LogP contribution >= 0.6 is 11.6 Å².